The number of urea groups is 1. The normalized spacial score (nSPS) is 22.0. The van der Waals surface area contributed by atoms with E-state index in [9.17, 15) is 9.59 Å². The zero-order chi connectivity index (χ0) is 16.1. The van der Waals surface area contributed by atoms with Gasteiger partial charge in [-0.2, -0.15) is 0 Å². The van der Waals surface area contributed by atoms with Crippen molar-refractivity contribution in [2.45, 2.75) is 19.4 Å². The van der Waals surface area contributed by atoms with Gasteiger partial charge in [0, 0.05) is 37.7 Å². The van der Waals surface area contributed by atoms with Crippen LogP contribution in [0.5, 0.6) is 0 Å². The van der Waals surface area contributed by atoms with Crippen molar-refractivity contribution in [2.24, 2.45) is 5.92 Å². The Balaban J connectivity index is 1.47. The third-order valence-electron chi connectivity index (χ3n) is 4.37. The highest BCUT2D eigenvalue weighted by atomic mass is 32.1. The van der Waals surface area contributed by atoms with Gasteiger partial charge >= 0.3 is 6.03 Å². The minimum absolute atomic E-state index is 0.00852. The van der Waals surface area contributed by atoms with Crippen molar-refractivity contribution in [3.63, 3.8) is 0 Å². The van der Waals surface area contributed by atoms with Gasteiger partial charge in [-0.1, -0.05) is 6.07 Å². The minimum Gasteiger partial charge on any atom is -0.381 e. The monoisotopic (exact) mass is 337 g/mol. The standard InChI is InChI=1S/C16H23N3O3S/c20-15(13-4-9-22-12-13)18-5-2-6-19(8-7-18)16(21)17-11-14-3-1-10-23-14/h1,3,10,13H,2,4-9,11-12H2,(H,17,21). The van der Waals surface area contributed by atoms with E-state index in [1.807, 2.05) is 27.3 Å². The summed E-state index contributed by atoms with van der Waals surface area (Å²) >= 11 is 1.64. The van der Waals surface area contributed by atoms with Crippen LogP contribution in [0.15, 0.2) is 17.5 Å². The van der Waals surface area contributed by atoms with Crippen LogP contribution in [0.25, 0.3) is 0 Å². The summed E-state index contributed by atoms with van der Waals surface area (Å²) < 4.78 is 5.31. The highest BCUT2D eigenvalue weighted by Crippen LogP contribution is 2.17. The number of thiophene rings is 1. The van der Waals surface area contributed by atoms with Crippen LogP contribution in [0.2, 0.25) is 0 Å². The van der Waals surface area contributed by atoms with Crippen molar-refractivity contribution < 1.29 is 14.3 Å². The van der Waals surface area contributed by atoms with Crippen molar-refractivity contribution in [2.75, 3.05) is 39.4 Å². The Bertz CT molecular complexity index is 529. The summed E-state index contributed by atoms with van der Waals surface area (Å²) in [6, 6.07) is 3.95. The summed E-state index contributed by atoms with van der Waals surface area (Å²) in [5.74, 6) is 0.192. The van der Waals surface area contributed by atoms with E-state index in [0.717, 1.165) is 24.3 Å². The number of amides is 3. The molecule has 1 N–H and O–H groups in total. The van der Waals surface area contributed by atoms with Crippen LogP contribution in [-0.2, 0) is 16.1 Å². The van der Waals surface area contributed by atoms with Crippen molar-refractivity contribution in [3.8, 4) is 0 Å². The molecule has 2 fully saturated rings. The van der Waals surface area contributed by atoms with Crippen molar-refractivity contribution >= 4 is 23.3 Å². The molecule has 0 aromatic carbocycles. The lowest BCUT2D eigenvalue weighted by Gasteiger charge is -2.24. The molecule has 2 aliphatic rings. The molecule has 0 aliphatic carbocycles. The first kappa shape index (κ1) is 16.3. The second kappa shape index (κ2) is 7.79. The molecule has 3 amide bonds. The van der Waals surface area contributed by atoms with Crippen molar-refractivity contribution in [1.29, 1.82) is 0 Å². The lowest BCUT2D eigenvalue weighted by atomic mass is 10.1. The third-order valence-corrected chi connectivity index (χ3v) is 5.24. The summed E-state index contributed by atoms with van der Waals surface area (Å²) in [5.41, 5.74) is 0. The molecule has 3 heterocycles. The highest BCUT2D eigenvalue weighted by Gasteiger charge is 2.29. The molecule has 0 spiro atoms. The topological polar surface area (TPSA) is 61.9 Å². The zero-order valence-corrected chi connectivity index (χ0v) is 14.0. The number of hydrogen-bond acceptors (Lipinski definition) is 4. The first-order chi connectivity index (χ1) is 11.2. The van der Waals surface area contributed by atoms with Gasteiger partial charge in [0.25, 0.3) is 0 Å². The Morgan fingerprint density at radius 2 is 2.09 bits per heavy atom. The van der Waals surface area contributed by atoms with Crippen LogP contribution >= 0.6 is 11.3 Å². The number of nitrogens with zero attached hydrogens (tertiary/aromatic N) is 2. The number of nitrogens with one attached hydrogen (secondary N) is 1. The molecule has 1 unspecified atom stereocenters. The average Bonchev–Trinajstić information content (AvgIpc) is 3.22. The molecule has 0 saturated carbocycles. The maximum absolute atomic E-state index is 12.4. The molecular formula is C16H23N3O3S. The fourth-order valence-electron chi connectivity index (χ4n) is 3.02. The first-order valence-corrected chi connectivity index (χ1v) is 9.03. The molecule has 2 aliphatic heterocycles. The van der Waals surface area contributed by atoms with E-state index in [0.29, 0.717) is 39.4 Å². The van der Waals surface area contributed by atoms with Gasteiger partial charge < -0.3 is 19.9 Å². The fourth-order valence-corrected chi connectivity index (χ4v) is 3.66. The van der Waals surface area contributed by atoms with Gasteiger partial charge in [0.05, 0.1) is 19.1 Å². The molecule has 2 saturated heterocycles. The van der Waals surface area contributed by atoms with Crippen molar-refractivity contribution in [1.82, 2.24) is 15.1 Å². The van der Waals surface area contributed by atoms with E-state index in [4.69, 9.17) is 4.74 Å². The van der Waals surface area contributed by atoms with Gasteiger partial charge in [0.15, 0.2) is 0 Å². The van der Waals surface area contributed by atoms with Crippen LogP contribution in [0.3, 0.4) is 0 Å². The van der Waals surface area contributed by atoms with Gasteiger partial charge in [-0.15, -0.1) is 11.3 Å². The van der Waals surface area contributed by atoms with Crippen LogP contribution in [-0.4, -0.2) is 61.1 Å². The van der Waals surface area contributed by atoms with E-state index in [1.54, 1.807) is 11.3 Å². The highest BCUT2D eigenvalue weighted by molar-refractivity contribution is 7.09. The number of hydrogen-bond donors (Lipinski definition) is 1. The molecule has 23 heavy (non-hydrogen) atoms. The average molecular weight is 337 g/mol. The lowest BCUT2D eigenvalue weighted by Crippen LogP contribution is -2.43. The molecule has 6 nitrogen and oxygen atoms in total. The molecule has 3 rings (SSSR count). The largest absolute Gasteiger partial charge is 0.381 e. The zero-order valence-electron chi connectivity index (χ0n) is 13.2. The van der Waals surface area contributed by atoms with Gasteiger partial charge in [0.2, 0.25) is 5.91 Å². The maximum atomic E-state index is 12.4. The Labute approximate surface area is 140 Å². The summed E-state index contributed by atoms with van der Waals surface area (Å²) in [5, 5.41) is 4.96. The Kier molecular flexibility index (Phi) is 5.51. The quantitative estimate of drug-likeness (QED) is 0.910. The molecule has 126 valence electrons. The van der Waals surface area contributed by atoms with E-state index in [2.05, 4.69) is 5.32 Å². The summed E-state index contributed by atoms with van der Waals surface area (Å²) in [6.07, 6.45) is 1.64. The third kappa shape index (κ3) is 4.23. The number of ether oxygens (including phenoxy) is 1. The Morgan fingerprint density at radius 1 is 1.26 bits per heavy atom. The van der Waals surface area contributed by atoms with Gasteiger partial charge in [-0.3, -0.25) is 4.79 Å². The van der Waals surface area contributed by atoms with Gasteiger partial charge in [0.1, 0.15) is 0 Å². The lowest BCUT2D eigenvalue weighted by molar-refractivity contribution is -0.135. The van der Waals surface area contributed by atoms with Crippen LogP contribution in [0.4, 0.5) is 4.79 Å². The molecule has 1 atom stereocenters. The van der Waals surface area contributed by atoms with Crippen molar-refractivity contribution in [3.05, 3.63) is 22.4 Å². The second-order valence-corrected chi connectivity index (χ2v) is 7.00. The van der Waals surface area contributed by atoms with Crippen LogP contribution in [0.1, 0.15) is 17.7 Å². The second-order valence-electron chi connectivity index (χ2n) is 5.96. The first-order valence-electron chi connectivity index (χ1n) is 8.16. The summed E-state index contributed by atoms with van der Waals surface area (Å²) in [4.78, 5) is 29.6. The molecule has 1 aromatic rings. The molecule has 0 bridgehead atoms. The smallest absolute Gasteiger partial charge is 0.317 e. The van der Waals surface area contributed by atoms with E-state index in [1.165, 1.54) is 0 Å². The molecule has 0 radical (unpaired) electrons. The van der Waals surface area contributed by atoms with Gasteiger partial charge in [-0.05, 0) is 24.3 Å². The number of rotatable bonds is 3. The SMILES string of the molecule is O=C(NCc1cccs1)N1CCCN(C(=O)C2CCOC2)CC1. The summed E-state index contributed by atoms with van der Waals surface area (Å²) in [6.45, 7) is 4.42. The summed E-state index contributed by atoms with van der Waals surface area (Å²) in [7, 11) is 0. The molecule has 7 heteroatoms. The minimum atomic E-state index is -0.0445. The fraction of sp³-hybridized carbons (Fsp3) is 0.625. The Morgan fingerprint density at radius 3 is 2.83 bits per heavy atom. The number of carbonyl (C=O) groups is 2. The van der Waals surface area contributed by atoms with E-state index < -0.39 is 0 Å². The Hall–Kier alpha value is -1.60. The molecule has 1 aromatic heterocycles. The van der Waals surface area contributed by atoms with E-state index >= 15 is 0 Å². The van der Waals surface area contributed by atoms with Crippen LogP contribution in [0, 0.1) is 5.92 Å². The number of carbonyl (C=O) groups excluding carboxylic acids is 2. The molecular weight excluding hydrogens is 314 g/mol. The van der Waals surface area contributed by atoms with Crippen LogP contribution < -0.4 is 5.32 Å². The maximum Gasteiger partial charge on any atom is 0.317 e. The predicted molar refractivity (Wildman–Crippen MR) is 88.3 cm³/mol. The predicted octanol–water partition coefficient (Wildman–Crippen LogP) is 1.53. The van der Waals surface area contributed by atoms with Gasteiger partial charge in [-0.25, -0.2) is 4.79 Å². The van der Waals surface area contributed by atoms with E-state index in [-0.39, 0.29) is 17.9 Å².